The van der Waals surface area contributed by atoms with Crippen molar-refractivity contribution in [3.8, 4) is 0 Å². The molecular weight excluding hydrogens is 406 g/mol. The molecule has 0 aliphatic rings. The van der Waals surface area contributed by atoms with Gasteiger partial charge in [0.1, 0.15) is 17.7 Å². The van der Waals surface area contributed by atoms with Crippen molar-refractivity contribution in [2.75, 3.05) is 0 Å². The first-order chi connectivity index (χ1) is 15.0. The standard InChI is InChI=1S/C25H33N3O4/c1-17(24(31)32-25(2,3)4)27-23(30)21(16-19-13-9-6-10-14-19)28-22(29)20(26)15-18-11-7-5-8-12-18/h5-14,17,20-21H,15-16,26H2,1-4H3,(H,27,30)(H,28,29)/t17-,20-,21-/m0/s1. The highest BCUT2D eigenvalue weighted by atomic mass is 16.6. The van der Waals surface area contributed by atoms with E-state index in [2.05, 4.69) is 10.6 Å². The van der Waals surface area contributed by atoms with E-state index in [-0.39, 0.29) is 6.42 Å². The number of nitrogens with two attached hydrogens (primary N) is 1. The third-order valence-electron chi connectivity index (χ3n) is 4.67. The van der Waals surface area contributed by atoms with Crippen molar-refractivity contribution in [2.24, 2.45) is 5.73 Å². The van der Waals surface area contributed by atoms with E-state index in [4.69, 9.17) is 10.5 Å². The summed E-state index contributed by atoms with van der Waals surface area (Å²) < 4.78 is 5.32. The molecule has 0 unspecified atom stereocenters. The van der Waals surface area contributed by atoms with Gasteiger partial charge >= 0.3 is 5.97 Å². The maximum Gasteiger partial charge on any atom is 0.328 e. The molecule has 0 bridgehead atoms. The molecule has 7 nitrogen and oxygen atoms in total. The Morgan fingerprint density at radius 2 is 1.34 bits per heavy atom. The van der Waals surface area contributed by atoms with Crippen LogP contribution in [0.1, 0.15) is 38.8 Å². The first-order valence-corrected chi connectivity index (χ1v) is 10.7. The van der Waals surface area contributed by atoms with Gasteiger partial charge in [-0.1, -0.05) is 60.7 Å². The summed E-state index contributed by atoms with van der Waals surface area (Å²) in [5.41, 5.74) is 7.22. The molecule has 3 atom stereocenters. The molecule has 0 aromatic heterocycles. The van der Waals surface area contributed by atoms with Gasteiger partial charge in [-0.3, -0.25) is 9.59 Å². The topological polar surface area (TPSA) is 111 Å². The van der Waals surface area contributed by atoms with Crippen molar-refractivity contribution in [2.45, 2.75) is 64.3 Å². The van der Waals surface area contributed by atoms with E-state index in [1.165, 1.54) is 0 Å². The Kier molecular flexibility index (Phi) is 8.96. The first kappa shape index (κ1) is 25.1. The van der Waals surface area contributed by atoms with Crippen molar-refractivity contribution < 1.29 is 19.1 Å². The summed E-state index contributed by atoms with van der Waals surface area (Å²) >= 11 is 0. The van der Waals surface area contributed by atoms with Gasteiger partial charge in [-0.25, -0.2) is 4.79 Å². The van der Waals surface area contributed by atoms with Crippen LogP contribution in [0, 0.1) is 0 Å². The number of esters is 1. The number of carbonyl (C=O) groups is 3. The highest BCUT2D eigenvalue weighted by Crippen LogP contribution is 2.09. The molecule has 2 aromatic rings. The second kappa shape index (κ2) is 11.4. The molecule has 32 heavy (non-hydrogen) atoms. The van der Waals surface area contributed by atoms with Gasteiger partial charge in [-0.15, -0.1) is 0 Å². The molecule has 0 saturated carbocycles. The maximum atomic E-state index is 13.0. The van der Waals surface area contributed by atoms with Crippen LogP contribution in [-0.4, -0.2) is 41.5 Å². The zero-order chi connectivity index (χ0) is 23.7. The summed E-state index contributed by atoms with van der Waals surface area (Å²) in [6.45, 7) is 6.82. The van der Waals surface area contributed by atoms with Crippen LogP contribution in [-0.2, 0) is 32.0 Å². The number of rotatable bonds is 9. The van der Waals surface area contributed by atoms with E-state index in [0.29, 0.717) is 6.42 Å². The normalized spacial score (nSPS) is 14.0. The minimum atomic E-state index is -0.892. The Morgan fingerprint density at radius 1 is 0.844 bits per heavy atom. The molecule has 2 rings (SSSR count). The molecule has 172 valence electrons. The summed E-state index contributed by atoms with van der Waals surface area (Å²) in [6.07, 6.45) is 0.609. The SMILES string of the molecule is C[C@H](NC(=O)[C@H](Cc1ccccc1)NC(=O)[C@@H](N)Cc1ccccc1)C(=O)OC(C)(C)C. The predicted octanol–water partition coefficient (Wildman–Crippen LogP) is 2.13. The van der Waals surface area contributed by atoms with Gasteiger partial charge in [0.15, 0.2) is 0 Å². The number of carbonyl (C=O) groups excluding carboxylic acids is 3. The minimum Gasteiger partial charge on any atom is -0.458 e. The van der Waals surface area contributed by atoms with Crippen molar-refractivity contribution in [1.82, 2.24) is 10.6 Å². The van der Waals surface area contributed by atoms with E-state index in [1.807, 2.05) is 60.7 Å². The lowest BCUT2D eigenvalue weighted by atomic mass is 10.0. The van der Waals surface area contributed by atoms with Crippen LogP contribution in [0.25, 0.3) is 0 Å². The quantitative estimate of drug-likeness (QED) is 0.519. The van der Waals surface area contributed by atoms with Crippen LogP contribution < -0.4 is 16.4 Å². The summed E-state index contributed by atoms with van der Waals surface area (Å²) in [5.74, 6) is -1.46. The van der Waals surface area contributed by atoms with Gasteiger partial charge in [-0.2, -0.15) is 0 Å². The second-order valence-corrected chi connectivity index (χ2v) is 8.81. The van der Waals surface area contributed by atoms with Gasteiger partial charge in [0.25, 0.3) is 0 Å². The van der Waals surface area contributed by atoms with Crippen molar-refractivity contribution >= 4 is 17.8 Å². The highest BCUT2D eigenvalue weighted by molar-refractivity contribution is 5.92. The van der Waals surface area contributed by atoms with Crippen molar-refractivity contribution in [1.29, 1.82) is 0 Å². The van der Waals surface area contributed by atoms with E-state index in [9.17, 15) is 14.4 Å². The first-order valence-electron chi connectivity index (χ1n) is 10.7. The number of ether oxygens (including phenoxy) is 1. The fourth-order valence-electron chi connectivity index (χ4n) is 3.06. The lowest BCUT2D eigenvalue weighted by Crippen LogP contribution is -2.55. The molecule has 0 aliphatic carbocycles. The van der Waals surface area contributed by atoms with Crippen LogP contribution in [0.2, 0.25) is 0 Å². The van der Waals surface area contributed by atoms with Gasteiger partial charge in [-0.05, 0) is 45.2 Å². The largest absolute Gasteiger partial charge is 0.458 e. The number of hydrogen-bond donors (Lipinski definition) is 3. The predicted molar refractivity (Wildman–Crippen MR) is 124 cm³/mol. The van der Waals surface area contributed by atoms with E-state index in [1.54, 1.807) is 27.7 Å². The fourth-order valence-corrected chi connectivity index (χ4v) is 3.06. The molecule has 2 amide bonds. The second-order valence-electron chi connectivity index (χ2n) is 8.81. The number of hydrogen-bond acceptors (Lipinski definition) is 5. The van der Waals surface area contributed by atoms with Crippen LogP contribution in [0.15, 0.2) is 60.7 Å². The molecule has 4 N–H and O–H groups in total. The minimum absolute atomic E-state index is 0.261. The van der Waals surface area contributed by atoms with Crippen LogP contribution in [0.5, 0.6) is 0 Å². The number of benzene rings is 2. The summed E-state index contributed by atoms with van der Waals surface area (Å²) in [6, 6.07) is 16.2. The number of nitrogens with one attached hydrogen (secondary N) is 2. The average Bonchev–Trinajstić information content (AvgIpc) is 2.73. The van der Waals surface area contributed by atoms with E-state index < -0.39 is 41.5 Å². The summed E-state index contributed by atoms with van der Waals surface area (Å²) in [7, 11) is 0. The van der Waals surface area contributed by atoms with E-state index >= 15 is 0 Å². The van der Waals surface area contributed by atoms with Crippen LogP contribution in [0.4, 0.5) is 0 Å². The molecule has 0 aliphatic heterocycles. The van der Waals surface area contributed by atoms with Gasteiger partial charge < -0.3 is 21.1 Å². The number of amides is 2. The Labute approximate surface area is 189 Å². The van der Waals surface area contributed by atoms with Crippen LogP contribution in [0.3, 0.4) is 0 Å². The lowest BCUT2D eigenvalue weighted by molar-refractivity contribution is -0.158. The third-order valence-corrected chi connectivity index (χ3v) is 4.67. The molecule has 2 aromatic carbocycles. The zero-order valence-corrected chi connectivity index (χ0v) is 19.1. The van der Waals surface area contributed by atoms with Gasteiger partial charge in [0.2, 0.25) is 11.8 Å². The average molecular weight is 440 g/mol. The summed E-state index contributed by atoms with van der Waals surface area (Å²) in [5, 5.41) is 5.40. The maximum absolute atomic E-state index is 13.0. The van der Waals surface area contributed by atoms with Crippen LogP contribution >= 0.6 is 0 Å². The highest BCUT2D eigenvalue weighted by Gasteiger charge is 2.28. The molecule has 0 fully saturated rings. The van der Waals surface area contributed by atoms with Crippen molar-refractivity contribution in [3.63, 3.8) is 0 Å². The zero-order valence-electron chi connectivity index (χ0n) is 19.1. The Bertz CT molecular complexity index is 894. The Hall–Kier alpha value is -3.19. The third kappa shape index (κ3) is 8.51. The molecule has 0 spiro atoms. The van der Waals surface area contributed by atoms with E-state index in [0.717, 1.165) is 11.1 Å². The lowest BCUT2D eigenvalue weighted by Gasteiger charge is -2.25. The summed E-state index contributed by atoms with van der Waals surface area (Å²) in [4.78, 5) is 38.0. The Balaban J connectivity index is 2.08. The monoisotopic (exact) mass is 439 g/mol. The molecular formula is C25H33N3O4. The smallest absolute Gasteiger partial charge is 0.328 e. The fraction of sp³-hybridized carbons (Fsp3) is 0.400. The van der Waals surface area contributed by atoms with Crippen molar-refractivity contribution in [3.05, 3.63) is 71.8 Å². The molecule has 7 heteroatoms. The van der Waals surface area contributed by atoms with Gasteiger partial charge in [0.05, 0.1) is 6.04 Å². The molecule has 0 radical (unpaired) electrons. The molecule has 0 heterocycles. The molecule has 0 saturated heterocycles. The van der Waals surface area contributed by atoms with Gasteiger partial charge in [0, 0.05) is 6.42 Å². The Morgan fingerprint density at radius 3 is 1.84 bits per heavy atom.